The first-order chi connectivity index (χ1) is 8.72. The Hall–Kier alpha value is -0.640. The number of nitrogens with one attached hydrogen (secondary N) is 1. The van der Waals surface area contributed by atoms with Gasteiger partial charge in [0.05, 0.1) is 5.25 Å². The van der Waals surface area contributed by atoms with Crippen molar-refractivity contribution in [3.8, 4) is 0 Å². The fourth-order valence-corrected chi connectivity index (χ4v) is 3.13. The SMILES string of the molecule is CCCCCC=CC1CC1C(=O)NS(=O)C1CC1. The summed E-state index contributed by atoms with van der Waals surface area (Å²) in [4.78, 5) is 11.8. The van der Waals surface area contributed by atoms with E-state index in [9.17, 15) is 9.00 Å². The average molecular weight is 269 g/mol. The zero-order valence-electron chi connectivity index (χ0n) is 11.1. The molecule has 1 N–H and O–H groups in total. The highest BCUT2D eigenvalue weighted by Crippen LogP contribution is 2.40. The zero-order chi connectivity index (χ0) is 13.0. The second kappa shape index (κ2) is 6.50. The number of amides is 1. The smallest absolute Gasteiger partial charge is 0.235 e. The summed E-state index contributed by atoms with van der Waals surface area (Å²) in [7, 11) is -1.12. The highest BCUT2D eigenvalue weighted by molar-refractivity contribution is 7.84. The van der Waals surface area contributed by atoms with Crippen LogP contribution < -0.4 is 4.72 Å². The quantitative estimate of drug-likeness (QED) is 0.544. The van der Waals surface area contributed by atoms with Gasteiger partial charge in [0, 0.05) is 5.92 Å². The van der Waals surface area contributed by atoms with Gasteiger partial charge >= 0.3 is 0 Å². The Morgan fingerprint density at radius 2 is 2.17 bits per heavy atom. The molecule has 0 spiro atoms. The van der Waals surface area contributed by atoms with Gasteiger partial charge in [0.1, 0.15) is 11.0 Å². The molecule has 3 unspecified atom stereocenters. The summed E-state index contributed by atoms with van der Waals surface area (Å²) < 4.78 is 14.2. The second-order valence-electron chi connectivity index (χ2n) is 5.39. The van der Waals surface area contributed by atoms with Crippen LogP contribution in [0.15, 0.2) is 12.2 Å². The Morgan fingerprint density at radius 3 is 2.83 bits per heavy atom. The molecule has 2 saturated carbocycles. The van der Waals surface area contributed by atoms with Crippen molar-refractivity contribution >= 4 is 16.9 Å². The van der Waals surface area contributed by atoms with Gasteiger partial charge in [-0.15, -0.1) is 0 Å². The largest absolute Gasteiger partial charge is 0.275 e. The molecule has 2 rings (SSSR count). The van der Waals surface area contributed by atoms with Gasteiger partial charge in [-0.25, -0.2) is 4.21 Å². The van der Waals surface area contributed by atoms with Crippen LogP contribution in [-0.2, 0) is 15.8 Å². The van der Waals surface area contributed by atoms with Crippen molar-refractivity contribution in [1.82, 2.24) is 4.72 Å². The maximum Gasteiger partial charge on any atom is 0.235 e. The molecule has 0 aromatic heterocycles. The van der Waals surface area contributed by atoms with Crippen LogP contribution in [0.1, 0.15) is 51.9 Å². The van der Waals surface area contributed by atoms with Crippen LogP contribution in [-0.4, -0.2) is 15.4 Å². The van der Waals surface area contributed by atoms with Gasteiger partial charge in [-0.3, -0.25) is 9.52 Å². The molecule has 18 heavy (non-hydrogen) atoms. The Kier molecular flexibility index (Phi) is 4.98. The number of hydrogen-bond donors (Lipinski definition) is 1. The van der Waals surface area contributed by atoms with Gasteiger partial charge in [-0.1, -0.05) is 31.9 Å². The van der Waals surface area contributed by atoms with Crippen LogP contribution >= 0.6 is 0 Å². The summed E-state index contributed by atoms with van der Waals surface area (Å²) in [5.41, 5.74) is 0. The van der Waals surface area contributed by atoms with Crippen molar-refractivity contribution in [1.29, 1.82) is 0 Å². The molecule has 0 bridgehead atoms. The molecule has 3 atom stereocenters. The molecule has 1 amide bonds. The normalized spacial score (nSPS) is 28.3. The third-order valence-electron chi connectivity index (χ3n) is 3.56. The third kappa shape index (κ3) is 4.23. The minimum Gasteiger partial charge on any atom is -0.275 e. The van der Waals surface area contributed by atoms with E-state index in [4.69, 9.17) is 0 Å². The predicted octanol–water partition coefficient (Wildman–Crippen LogP) is 2.70. The standard InChI is InChI=1S/C14H23NO2S/c1-2-3-4-5-6-7-11-10-13(11)14(16)15-18(17)12-8-9-12/h6-7,11-13H,2-5,8-10H2,1H3,(H,15,16). The monoisotopic (exact) mass is 269 g/mol. The summed E-state index contributed by atoms with van der Waals surface area (Å²) in [6, 6.07) is 0. The minimum atomic E-state index is -1.12. The lowest BCUT2D eigenvalue weighted by atomic mass is 10.2. The Bertz CT molecular complexity index is 350. The van der Waals surface area contributed by atoms with Crippen molar-refractivity contribution in [2.45, 2.75) is 57.1 Å². The Morgan fingerprint density at radius 1 is 1.39 bits per heavy atom. The van der Waals surface area contributed by atoms with E-state index in [0.29, 0.717) is 5.92 Å². The molecule has 0 saturated heterocycles. The van der Waals surface area contributed by atoms with Gasteiger partial charge in [0.2, 0.25) is 5.91 Å². The number of rotatable bonds is 8. The summed E-state index contributed by atoms with van der Waals surface area (Å²) in [6.07, 6.45) is 12.2. The molecule has 102 valence electrons. The summed E-state index contributed by atoms with van der Waals surface area (Å²) in [5.74, 6) is 0.460. The van der Waals surface area contributed by atoms with Crippen molar-refractivity contribution in [2.75, 3.05) is 0 Å². The predicted molar refractivity (Wildman–Crippen MR) is 74.2 cm³/mol. The molecule has 2 aliphatic rings. The van der Waals surface area contributed by atoms with E-state index in [-0.39, 0.29) is 17.1 Å². The van der Waals surface area contributed by atoms with Crippen LogP contribution in [0.5, 0.6) is 0 Å². The molecular weight excluding hydrogens is 246 g/mol. The van der Waals surface area contributed by atoms with E-state index in [2.05, 4.69) is 23.8 Å². The van der Waals surface area contributed by atoms with Crippen molar-refractivity contribution < 1.29 is 9.00 Å². The van der Waals surface area contributed by atoms with Gasteiger partial charge < -0.3 is 0 Å². The lowest BCUT2D eigenvalue weighted by Crippen LogP contribution is -2.29. The summed E-state index contributed by atoms with van der Waals surface area (Å²) in [6.45, 7) is 2.20. The lowest BCUT2D eigenvalue weighted by molar-refractivity contribution is -0.120. The summed E-state index contributed by atoms with van der Waals surface area (Å²) in [5, 5.41) is 0.232. The minimum absolute atomic E-state index is 0.0107. The van der Waals surface area contributed by atoms with E-state index < -0.39 is 11.0 Å². The molecule has 2 fully saturated rings. The second-order valence-corrected chi connectivity index (χ2v) is 6.86. The highest BCUT2D eigenvalue weighted by Gasteiger charge is 2.42. The number of unbranched alkanes of at least 4 members (excludes halogenated alkanes) is 3. The van der Waals surface area contributed by atoms with E-state index in [1.165, 1.54) is 19.3 Å². The lowest BCUT2D eigenvalue weighted by Gasteiger charge is -2.01. The maximum absolute atomic E-state index is 11.8. The number of allylic oxidation sites excluding steroid dienone is 2. The molecule has 0 aromatic carbocycles. The maximum atomic E-state index is 11.8. The Balaban J connectivity index is 1.61. The molecule has 3 nitrogen and oxygen atoms in total. The van der Waals surface area contributed by atoms with Crippen molar-refractivity contribution in [3.05, 3.63) is 12.2 Å². The topological polar surface area (TPSA) is 46.2 Å². The molecule has 0 radical (unpaired) electrons. The third-order valence-corrected chi connectivity index (χ3v) is 5.04. The molecule has 4 heteroatoms. The first kappa shape index (κ1) is 13.8. The fraction of sp³-hybridized carbons (Fsp3) is 0.786. The first-order valence-corrected chi connectivity index (χ1v) is 8.31. The molecular formula is C14H23NO2S. The van der Waals surface area contributed by atoms with Gasteiger partial charge in [-0.2, -0.15) is 0 Å². The molecule has 2 aliphatic carbocycles. The van der Waals surface area contributed by atoms with Gasteiger partial charge in [0.15, 0.2) is 0 Å². The first-order valence-electron chi connectivity index (χ1n) is 7.10. The van der Waals surface area contributed by atoms with Crippen LogP contribution in [0.3, 0.4) is 0 Å². The van der Waals surface area contributed by atoms with Crippen molar-refractivity contribution in [3.63, 3.8) is 0 Å². The van der Waals surface area contributed by atoms with Crippen LogP contribution in [0.4, 0.5) is 0 Å². The summed E-state index contributed by atoms with van der Waals surface area (Å²) >= 11 is 0. The molecule has 0 aromatic rings. The molecule has 0 heterocycles. The van der Waals surface area contributed by atoms with Crippen molar-refractivity contribution in [2.24, 2.45) is 11.8 Å². The van der Waals surface area contributed by atoms with E-state index >= 15 is 0 Å². The number of hydrogen-bond acceptors (Lipinski definition) is 2. The van der Waals surface area contributed by atoms with Crippen LogP contribution in [0.25, 0.3) is 0 Å². The van der Waals surface area contributed by atoms with E-state index in [0.717, 1.165) is 25.7 Å². The van der Waals surface area contributed by atoms with E-state index in [1.54, 1.807) is 0 Å². The van der Waals surface area contributed by atoms with Gasteiger partial charge in [-0.05, 0) is 38.0 Å². The Labute approximate surface area is 112 Å². The fourth-order valence-electron chi connectivity index (χ4n) is 2.05. The average Bonchev–Trinajstić information content (AvgIpc) is 3.22. The van der Waals surface area contributed by atoms with E-state index in [1.807, 2.05) is 0 Å². The molecule has 0 aliphatic heterocycles. The number of carbonyl (C=O) groups is 1. The number of carbonyl (C=O) groups excluding carboxylic acids is 1. The highest BCUT2D eigenvalue weighted by atomic mass is 32.2. The van der Waals surface area contributed by atoms with Crippen LogP contribution in [0.2, 0.25) is 0 Å². The zero-order valence-corrected chi connectivity index (χ0v) is 11.9. The van der Waals surface area contributed by atoms with Crippen LogP contribution in [0, 0.1) is 11.8 Å². The van der Waals surface area contributed by atoms with Gasteiger partial charge in [0.25, 0.3) is 0 Å².